The van der Waals surface area contributed by atoms with E-state index < -0.39 is 0 Å². The number of carbonyl (C=O) groups is 1. The SMILES string of the molecule is C=CCN(C(=O)CSc1nnc(NC)s1)c1ccccc1. The van der Waals surface area contributed by atoms with Gasteiger partial charge in [0.25, 0.3) is 0 Å². The van der Waals surface area contributed by atoms with Gasteiger partial charge >= 0.3 is 0 Å². The van der Waals surface area contributed by atoms with Gasteiger partial charge in [-0.15, -0.1) is 16.8 Å². The number of amides is 1. The predicted molar refractivity (Wildman–Crippen MR) is 89.2 cm³/mol. The molecule has 0 radical (unpaired) electrons. The fraction of sp³-hybridized carbons (Fsp3) is 0.214. The standard InChI is InChI=1S/C14H16N4OS2/c1-3-9-18(11-7-5-4-6-8-11)12(19)10-20-14-17-16-13(15-2)21-14/h3-8H,1,9-10H2,2H3,(H,15,16). The van der Waals surface area contributed by atoms with Crippen LogP contribution in [0.25, 0.3) is 0 Å². The van der Waals surface area contributed by atoms with E-state index in [-0.39, 0.29) is 5.91 Å². The molecule has 0 bridgehead atoms. The van der Waals surface area contributed by atoms with Crippen LogP contribution < -0.4 is 10.2 Å². The van der Waals surface area contributed by atoms with E-state index in [0.717, 1.165) is 15.2 Å². The van der Waals surface area contributed by atoms with Crippen LogP contribution in [0, 0.1) is 0 Å². The summed E-state index contributed by atoms with van der Waals surface area (Å²) >= 11 is 2.83. The molecule has 0 fully saturated rings. The highest BCUT2D eigenvalue weighted by molar-refractivity contribution is 8.01. The van der Waals surface area contributed by atoms with E-state index in [9.17, 15) is 4.79 Å². The van der Waals surface area contributed by atoms with Crippen LogP contribution >= 0.6 is 23.1 Å². The summed E-state index contributed by atoms with van der Waals surface area (Å²) in [6, 6.07) is 9.58. The van der Waals surface area contributed by atoms with E-state index in [1.807, 2.05) is 30.3 Å². The summed E-state index contributed by atoms with van der Waals surface area (Å²) < 4.78 is 0.777. The molecule has 1 heterocycles. The van der Waals surface area contributed by atoms with Crippen LogP contribution in [0.3, 0.4) is 0 Å². The van der Waals surface area contributed by atoms with Crippen molar-refractivity contribution in [3.63, 3.8) is 0 Å². The van der Waals surface area contributed by atoms with Crippen molar-refractivity contribution in [2.24, 2.45) is 0 Å². The molecular weight excluding hydrogens is 304 g/mol. The third kappa shape index (κ3) is 4.30. The number of nitrogens with zero attached hydrogens (tertiary/aromatic N) is 3. The normalized spacial score (nSPS) is 10.1. The lowest BCUT2D eigenvalue weighted by Gasteiger charge is -2.20. The second-order valence-corrected chi connectivity index (χ2v) is 6.24. The zero-order valence-corrected chi connectivity index (χ0v) is 13.3. The van der Waals surface area contributed by atoms with Gasteiger partial charge in [-0.2, -0.15) is 0 Å². The number of anilines is 2. The molecule has 1 aromatic carbocycles. The van der Waals surface area contributed by atoms with Crippen molar-refractivity contribution in [2.75, 3.05) is 29.6 Å². The Morgan fingerprint density at radius 2 is 2.19 bits per heavy atom. The van der Waals surface area contributed by atoms with Crippen LogP contribution in [0.5, 0.6) is 0 Å². The van der Waals surface area contributed by atoms with Crippen molar-refractivity contribution < 1.29 is 4.79 Å². The Labute approximate surface area is 132 Å². The molecule has 0 aliphatic rings. The van der Waals surface area contributed by atoms with Crippen molar-refractivity contribution in [3.8, 4) is 0 Å². The number of carbonyl (C=O) groups excluding carboxylic acids is 1. The minimum Gasteiger partial charge on any atom is -0.363 e. The number of thioether (sulfide) groups is 1. The average Bonchev–Trinajstić information content (AvgIpc) is 2.99. The first-order chi connectivity index (χ1) is 10.2. The predicted octanol–water partition coefficient (Wildman–Crippen LogP) is 2.89. The minimum atomic E-state index is 0.0207. The summed E-state index contributed by atoms with van der Waals surface area (Å²) in [5, 5.41) is 11.6. The average molecular weight is 320 g/mol. The third-order valence-corrected chi connectivity index (χ3v) is 4.68. The second-order valence-electron chi connectivity index (χ2n) is 4.04. The van der Waals surface area contributed by atoms with Crippen molar-refractivity contribution in [1.82, 2.24) is 10.2 Å². The van der Waals surface area contributed by atoms with Gasteiger partial charge < -0.3 is 10.2 Å². The van der Waals surface area contributed by atoms with Gasteiger partial charge in [-0.3, -0.25) is 4.79 Å². The minimum absolute atomic E-state index is 0.0207. The molecule has 1 aromatic heterocycles. The number of para-hydroxylation sites is 1. The molecule has 0 spiro atoms. The molecule has 2 rings (SSSR count). The highest BCUT2D eigenvalue weighted by Crippen LogP contribution is 2.26. The molecule has 0 saturated heterocycles. The van der Waals surface area contributed by atoms with Crippen LogP contribution in [-0.4, -0.2) is 35.4 Å². The van der Waals surface area contributed by atoms with Crippen LogP contribution in [0.15, 0.2) is 47.3 Å². The van der Waals surface area contributed by atoms with Gasteiger partial charge in [0, 0.05) is 19.3 Å². The summed E-state index contributed by atoms with van der Waals surface area (Å²) in [7, 11) is 1.79. The van der Waals surface area contributed by atoms with Crippen LogP contribution in [-0.2, 0) is 4.79 Å². The zero-order valence-electron chi connectivity index (χ0n) is 11.7. The first-order valence-corrected chi connectivity index (χ1v) is 8.15. The van der Waals surface area contributed by atoms with Gasteiger partial charge in [0.1, 0.15) is 0 Å². The van der Waals surface area contributed by atoms with E-state index in [0.29, 0.717) is 12.3 Å². The van der Waals surface area contributed by atoms with Crippen LogP contribution in [0.1, 0.15) is 0 Å². The molecule has 7 heteroatoms. The van der Waals surface area contributed by atoms with Crippen molar-refractivity contribution in [3.05, 3.63) is 43.0 Å². The Morgan fingerprint density at radius 1 is 1.43 bits per heavy atom. The Bertz CT molecular complexity index is 600. The molecular formula is C14H16N4OS2. The molecule has 2 aromatic rings. The maximum absolute atomic E-state index is 12.4. The Balaban J connectivity index is 2.00. The quantitative estimate of drug-likeness (QED) is 0.628. The van der Waals surface area contributed by atoms with E-state index in [1.54, 1.807) is 18.0 Å². The fourth-order valence-electron chi connectivity index (χ4n) is 1.66. The molecule has 0 saturated carbocycles. The van der Waals surface area contributed by atoms with Gasteiger partial charge in [-0.1, -0.05) is 47.4 Å². The Morgan fingerprint density at radius 3 is 2.81 bits per heavy atom. The molecule has 0 aliphatic carbocycles. The summed E-state index contributed by atoms with van der Waals surface area (Å²) in [6.45, 7) is 4.20. The molecule has 110 valence electrons. The maximum atomic E-state index is 12.4. The van der Waals surface area contributed by atoms with Gasteiger partial charge in [0.2, 0.25) is 11.0 Å². The van der Waals surface area contributed by atoms with Crippen molar-refractivity contribution in [1.29, 1.82) is 0 Å². The summed E-state index contributed by atoms with van der Waals surface area (Å²) in [6.07, 6.45) is 1.72. The summed E-state index contributed by atoms with van der Waals surface area (Å²) in [4.78, 5) is 14.1. The van der Waals surface area contributed by atoms with Gasteiger partial charge in [-0.25, -0.2) is 0 Å². The lowest BCUT2D eigenvalue weighted by Crippen LogP contribution is -2.32. The van der Waals surface area contributed by atoms with Gasteiger partial charge in [-0.05, 0) is 12.1 Å². The number of hydrogen-bond donors (Lipinski definition) is 1. The molecule has 1 amide bonds. The number of aromatic nitrogens is 2. The van der Waals surface area contributed by atoms with Crippen molar-refractivity contribution in [2.45, 2.75) is 4.34 Å². The number of rotatable bonds is 7. The monoisotopic (exact) mass is 320 g/mol. The highest BCUT2D eigenvalue weighted by atomic mass is 32.2. The number of nitrogens with one attached hydrogen (secondary N) is 1. The highest BCUT2D eigenvalue weighted by Gasteiger charge is 2.15. The summed E-state index contributed by atoms with van der Waals surface area (Å²) in [5.74, 6) is 0.341. The molecule has 0 atom stereocenters. The van der Waals surface area contributed by atoms with Gasteiger partial charge in [0.05, 0.1) is 5.75 Å². The van der Waals surface area contributed by atoms with E-state index in [2.05, 4.69) is 22.1 Å². The second kappa shape index (κ2) is 7.80. The Kier molecular flexibility index (Phi) is 5.77. The lowest BCUT2D eigenvalue weighted by molar-refractivity contribution is -0.116. The molecule has 0 unspecified atom stereocenters. The van der Waals surface area contributed by atoms with E-state index in [4.69, 9.17) is 0 Å². The van der Waals surface area contributed by atoms with Crippen molar-refractivity contribution >= 4 is 39.8 Å². The third-order valence-electron chi connectivity index (χ3n) is 2.62. The fourth-order valence-corrected chi connectivity index (χ4v) is 3.24. The topological polar surface area (TPSA) is 58.1 Å². The Hall–Kier alpha value is -1.86. The first kappa shape index (κ1) is 15.5. The molecule has 0 aliphatic heterocycles. The molecule has 1 N–H and O–H groups in total. The van der Waals surface area contributed by atoms with Gasteiger partial charge in [0.15, 0.2) is 4.34 Å². The number of hydrogen-bond acceptors (Lipinski definition) is 6. The zero-order chi connectivity index (χ0) is 15.1. The molecule has 5 nitrogen and oxygen atoms in total. The molecule has 21 heavy (non-hydrogen) atoms. The maximum Gasteiger partial charge on any atom is 0.237 e. The first-order valence-electron chi connectivity index (χ1n) is 6.35. The van der Waals surface area contributed by atoms with Crippen LogP contribution in [0.2, 0.25) is 0 Å². The lowest BCUT2D eigenvalue weighted by atomic mass is 10.3. The summed E-state index contributed by atoms with van der Waals surface area (Å²) in [5.41, 5.74) is 0.871. The number of benzene rings is 1. The van der Waals surface area contributed by atoms with E-state index >= 15 is 0 Å². The largest absolute Gasteiger partial charge is 0.363 e. The van der Waals surface area contributed by atoms with Crippen LogP contribution in [0.4, 0.5) is 10.8 Å². The smallest absolute Gasteiger partial charge is 0.237 e. The van der Waals surface area contributed by atoms with E-state index in [1.165, 1.54) is 23.1 Å².